The summed E-state index contributed by atoms with van der Waals surface area (Å²) in [5, 5.41) is 11.9. The number of amides is 2. The first kappa shape index (κ1) is 34.7. The zero-order chi connectivity index (χ0) is 31.3. The van der Waals surface area contributed by atoms with Crippen molar-refractivity contribution in [2.45, 2.75) is 52.6 Å². The van der Waals surface area contributed by atoms with E-state index in [1.54, 1.807) is 24.3 Å². The molecule has 0 saturated carbocycles. The van der Waals surface area contributed by atoms with E-state index in [1.165, 1.54) is 24.3 Å². The van der Waals surface area contributed by atoms with Crippen LogP contribution in [0.2, 0.25) is 5.02 Å². The van der Waals surface area contributed by atoms with Crippen LogP contribution >= 0.6 is 23.2 Å². The average Bonchev–Trinajstić information content (AvgIpc) is 2.92. The number of halogens is 5. The van der Waals surface area contributed by atoms with E-state index in [-0.39, 0.29) is 17.8 Å². The minimum atomic E-state index is -4.52. The number of carbonyl (C=O) groups is 1. The number of nitrogens with two attached hydrogens (primary N) is 1. The van der Waals surface area contributed by atoms with Crippen LogP contribution in [0.1, 0.15) is 52.0 Å². The molecule has 42 heavy (non-hydrogen) atoms. The molecular weight excluding hydrogens is 590 g/mol. The molecule has 0 unspecified atom stereocenters. The molecule has 12 heteroatoms. The summed E-state index contributed by atoms with van der Waals surface area (Å²) in [6, 6.07) is 5.00. The van der Waals surface area contributed by atoms with Gasteiger partial charge in [-0.3, -0.25) is 10.3 Å². The number of carbonyl (C=O) groups excluding carboxylic acids is 1. The van der Waals surface area contributed by atoms with Gasteiger partial charge in [0, 0.05) is 40.4 Å². The smallest absolute Gasteiger partial charge is 0.390 e. The van der Waals surface area contributed by atoms with E-state index >= 15 is 0 Å². The average molecular weight is 627 g/mol. The van der Waals surface area contributed by atoms with Crippen LogP contribution in [0.5, 0.6) is 0 Å². The summed E-state index contributed by atoms with van der Waals surface area (Å²) in [5.74, 6) is 0.328. The first-order valence-corrected chi connectivity index (χ1v) is 14.2. The highest BCUT2D eigenvalue weighted by Gasteiger charge is 2.31. The molecule has 0 atom stereocenters. The zero-order valence-corrected chi connectivity index (χ0v) is 25.3. The van der Waals surface area contributed by atoms with Crippen LogP contribution in [0, 0.1) is 5.41 Å². The quantitative estimate of drug-likeness (QED) is 0.132. The van der Waals surface area contributed by atoms with Gasteiger partial charge in [-0.1, -0.05) is 42.3 Å². The summed E-state index contributed by atoms with van der Waals surface area (Å²) in [6.07, 6.45) is 4.85. The summed E-state index contributed by atoms with van der Waals surface area (Å²) in [5.41, 5.74) is 8.73. The molecule has 1 aromatic rings. The minimum absolute atomic E-state index is 0.177. The Labute approximate surface area is 254 Å². The molecule has 0 saturated heterocycles. The van der Waals surface area contributed by atoms with Crippen molar-refractivity contribution in [3.8, 4) is 0 Å². The Morgan fingerprint density at radius 1 is 1.24 bits per heavy atom. The molecule has 0 aliphatic heterocycles. The molecule has 1 aromatic carbocycles. The van der Waals surface area contributed by atoms with Crippen LogP contribution in [0.4, 0.5) is 18.0 Å². The summed E-state index contributed by atoms with van der Waals surface area (Å²) >= 11 is 12.2. The topological polar surface area (TPSA) is 104 Å². The van der Waals surface area contributed by atoms with Crippen molar-refractivity contribution in [3.05, 3.63) is 93.0 Å². The summed E-state index contributed by atoms with van der Waals surface area (Å²) < 4.78 is 44.8. The van der Waals surface area contributed by atoms with Crippen molar-refractivity contribution in [3.63, 3.8) is 0 Å². The van der Waals surface area contributed by atoms with Gasteiger partial charge in [-0.2, -0.15) is 13.2 Å². The Hall–Kier alpha value is -3.50. The minimum Gasteiger partial charge on any atom is -0.498 e. The van der Waals surface area contributed by atoms with Gasteiger partial charge in [-0.05, 0) is 68.7 Å². The molecule has 2 rings (SSSR count). The standard InChI is InChI=1S/C30H36Cl2F3N5O2/c1-4-7-22(32)17-23(8-5-2)39-27-18-24(42-6-3)13-14-25(27)26(36)19-38-29(41)40(16-15-30(33,34)35)28(37)20-9-11-21(31)12-10-20/h4,7-12,17-18,37H,5-6,13-16,19,36H2,1-3H3,(H,38,41)/b7-4-,22-17+,23-8+,26-25-,37-28?,39-27-. The second-order valence-electron chi connectivity index (χ2n) is 9.14. The highest BCUT2D eigenvalue weighted by atomic mass is 35.5. The number of amidine groups is 1. The van der Waals surface area contributed by atoms with Gasteiger partial charge in [0.25, 0.3) is 0 Å². The number of aliphatic imine (C=N–C) groups is 1. The van der Waals surface area contributed by atoms with E-state index in [0.29, 0.717) is 52.9 Å². The molecule has 228 valence electrons. The number of rotatable bonds is 11. The molecule has 0 heterocycles. The zero-order valence-electron chi connectivity index (χ0n) is 23.8. The molecule has 1 aliphatic rings. The maximum atomic E-state index is 13.1. The Bertz CT molecular complexity index is 1300. The number of hydrogen-bond donors (Lipinski definition) is 3. The van der Waals surface area contributed by atoms with Crippen molar-refractivity contribution >= 4 is 40.8 Å². The maximum Gasteiger partial charge on any atom is 0.390 e. The Morgan fingerprint density at radius 2 is 1.93 bits per heavy atom. The van der Waals surface area contributed by atoms with Crippen molar-refractivity contribution in [2.24, 2.45) is 10.7 Å². The van der Waals surface area contributed by atoms with Gasteiger partial charge >= 0.3 is 12.2 Å². The molecule has 0 bridgehead atoms. The molecule has 0 spiro atoms. The number of alkyl halides is 3. The molecule has 4 N–H and O–H groups in total. The summed E-state index contributed by atoms with van der Waals surface area (Å²) in [7, 11) is 0. The van der Waals surface area contributed by atoms with E-state index in [2.05, 4.69) is 5.32 Å². The number of benzene rings is 1. The maximum absolute atomic E-state index is 13.1. The molecule has 7 nitrogen and oxygen atoms in total. The van der Waals surface area contributed by atoms with E-state index in [1.807, 2.05) is 26.8 Å². The molecule has 0 fully saturated rings. The van der Waals surface area contributed by atoms with Crippen LogP contribution in [0.15, 0.2) is 87.4 Å². The van der Waals surface area contributed by atoms with Crippen LogP contribution in [0.3, 0.4) is 0 Å². The number of nitrogens with zero attached hydrogens (tertiary/aromatic N) is 2. The van der Waals surface area contributed by atoms with Crippen molar-refractivity contribution in [2.75, 3.05) is 19.7 Å². The molecule has 2 amide bonds. The Balaban J connectivity index is 2.39. The van der Waals surface area contributed by atoms with Crippen LogP contribution in [-0.4, -0.2) is 48.4 Å². The summed E-state index contributed by atoms with van der Waals surface area (Å²) in [6.45, 7) is 5.24. The normalized spacial score (nSPS) is 16.9. The predicted octanol–water partition coefficient (Wildman–Crippen LogP) is 7.99. The van der Waals surface area contributed by atoms with Gasteiger partial charge in [0.05, 0.1) is 36.7 Å². The summed E-state index contributed by atoms with van der Waals surface area (Å²) in [4.78, 5) is 18.6. The van der Waals surface area contributed by atoms with E-state index in [4.69, 9.17) is 44.1 Å². The van der Waals surface area contributed by atoms with Crippen LogP contribution in [0.25, 0.3) is 0 Å². The van der Waals surface area contributed by atoms with E-state index in [9.17, 15) is 18.0 Å². The Morgan fingerprint density at radius 3 is 2.52 bits per heavy atom. The number of hydrogen-bond acceptors (Lipinski definition) is 5. The molecule has 0 aromatic heterocycles. The number of ether oxygens (including phenoxy) is 1. The number of urea groups is 1. The Kier molecular flexibility index (Phi) is 13.9. The number of allylic oxidation sites excluding steroid dienone is 8. The largest absolute Gasteiger partial charge is 0.498 e. The predicted molar refractivity (Wildman–Crippen MR) is 164 cm³/mol. The monoisotopic (exact) mass is 625 g/mol. The SMILES string of the molecule is C\C=C/C(Cl)=C\C(=C/CC)\N=C1\C=C(OCC)CC\C1=C(\N)CNC(=O)N(CCC(F)(F)F)C(=N)c1ccc(Cl)cc1. The first-order chi connectivity index (χ1) is 19.9. The van der Waals surface area contributed by atoms with Gasteiger partial charge in [-0.25, -0.2) is 9.79 Å². The molecular formula is C30H36Cl2F3N5O2. The van der Waals surface area contributed by atoms with Crippen molar-refractivity contribution < 1.29 is 22.7 Å². The second kappa shape index (κ2) is 16.8. The lowest BCUT2D eigenvalue weighted by Crippen LogP contribution is -2.46. The van der Waals surface area contributed by atoms with E-state index in [0.717, 1.165) is 10.7 Å². The first-order valence-electron chi connectivity index (χ1n) is 13.4. The fourth-order valence-corrected chi connectivity index (χ4v) is 4.30. The van der Waals surface area contributed by atoms with E-state index < -0.39 is 31.0 Å². The van der Waals surface area contributed by atoms with Gasteiger partial charge in [0.15, 0.2) is 0 Å². The van der Waals surface area contributed by atoms with Gasteiger partial charge in [0.2, 0.25) is 0 Å². The van der Waals surface area contributed by atoms with Crippen molar-refractivity contribution in [1.82, 2.24) is 10.2 Å². The van der Waals surface area contributed by atoms with Gasteiger partial charge < -0.3 is 15.8 Å². The highest BCUT2D eigenvalue weighted by Crippen LogP contribution is 2.26. The van der Waals surface area contributed by atoms with Crippen LogP contribution < -0.4 is 11.1 Å². The van der Waals surface area contributed by atoms with Crippen LogP contribution in [-0.2, 0) is 4.74 Å². The molecule has 0 radical (unpaired) electrons. The lowest BCUT2D eigenvalue weighted by molar-refractivity contribution is -0.135. The third-order valence-electron chi connectivity index (χ3n) is 5.90. The number of nitrogens with one attached hydrogen (secondary N) is 2. The fraction of sp³-hybridized carbons (Fsp3) is 0.367. The fourth-order valence-electron chi connectivity index (χ4n) is 3.94. The lowest BCUT2D eigenvalue weighted by atomic mass is 9.95. The third-order valence-corrected chi connectivity index (χ3v) is 6.39. The van der Waals surface area contributed by atoms with Gasteiger partial charge in [-0.15, -0.1) is 0 Å². The van der Waals surface area contributed by atoms with Crippen molar-refractivity contribution in [1.29, 1.82) is 5.41 Å². The lowest BCUT2D eigenvalue weighted by Gasteiger charge is -2.25. The highest BCUT2D eigenvalue weighted by molar-refractivity contribution is 6.31. The third kappa shape index (κ3) is 11.4. The second-order valence-corrected chi connectivity index (χ2v) is 10.0. The molecule has 1 aliphatic carbocycles. The van der Waals surface area contributed by atoms with Gasteiger partial charge in [0.1, 0.15) is 5.84 Å².